The van der Waals surface area contributed by atoms with Crippen LogP contribution in [-0.2, 0) is 12.7 Å². The number of amides is 1. The number of nitrogens with zero attached hydrogens (tertiary/aromatic N) is 4. The van der Waals surface area contributed by atoms with Crippen molar-refractivity contribution >= 4 is 23.0 Å². The maximum Gasteiger partial charge on any atom is 0.418 e. The normalized spacial score (nSPS) is 14.8. The largest absolute Gasteiger partial charge is 0.418 e. The van der Waals surface area contributed by atoms with Crippen molar-refractivity contribution in [2.75, 3.05) is 43.4 Å². The second-order valence-electron chi connectivity index (χ2n) is 9.61. The molecule has 206 valence electrons. The molecule has 2 heterocycles. The van der Waals surface area contributed by atoms with Gasteiger partial charge in [0.05, 0.1) is 17.8 Å². The van der Waals surface area contributed by atoms with E-state index in [-0.39, 0.29) is 17.9 Å². The Balaban J connectivity index is 1.50. The minimum atomic E-state index is -4.56. The number of hydrogen-bond acceptors (Lipinski definition) is 7. The van der Waals surface area contributed by atoms with Crippen LogP contribution in [0.5, 0.6) is 0 Å². The Morgan fingerprint density at radius 2 is 1.85 bits per heavy atom. The van der Waals surface area contributed by atoms with Crippen LogP contribution >= 0.6 is 0 Å². The molecule has 11 heteroatoms. The van der Waals surface area contributed by atoms with Gasteiger partial charge in [0.2, 0.25) is 0 Å². The summed E-state index contributed by atoms with van der Waals surface area (Å²) in [6.45, 7) is 4.49. The third-order valence-corrected chi connectivity index (χ3v) is 6.67. The first-order valence-corrected chi connectivity index (χ1v) is 12.5. The first-order valence-electron chi connectivity index (χ1n) is 12.5. The second-order valence-corrected chi connectivity index (χ2v) is 9.61. The Morgan fingerprint density at radius 3 is 2.51 bits per heavy atom. The van der Waals surface area contributed by atoms with Crippen molar-refractivity contribution in [3.05, 3.63) is 94.9 Å². The fourth-order valence-electron chi connectivity index (χ4n) is 4.38. The molecule has 1 aromatic heterocycles. The van der Waals surface area contributed by atoms with Gasteiger partial charge in [0.1, 0.15) is 0 Å². The molecule has 0 radical (unpaired) electrons. The topological polar surface area (TPSA) is 104 Å². The summed E-state index contributed by atoms with van der Waals surface area (Å²) in [4.78, 5) is 20.9. The van der Waals surface area contributed by atoms with Crippen molar-refractivity contribution in [1.82, 2.24) is 14.9 Å². The molecule has 0 saturated carbocycles. The van der Waals surface area contributed by atoms with Gasteiger partial charge >= 0.3 is 6.18 Å². The van der Waals surface area contributed by atoms with Crippen molar-refractivity contribution in [2.24, 2.45) is 11.6 Å². The second kappa shape index (κ2) is 11.7. The summed E-state index contributed by atoms with van der Waals surface area (Å²) in [5.41, 5.74) is 8.63. The van der Waals surface area contributed by atoms with E-state index < -0.39 is 17.6 Å². The van der Waals surface area contributed by atoms with Crippen LogP contribution in [0.4, 0.5) is 24.5 Å². The third-order valence-electron chi connectivity index (χ3n) is 6.67. The lowest BCUT2D eigenvalue weighted by Crippen LogP contribution is -2.45. The summed E-state index contributed by atoms with van der Waals surface area (Å²) in [5.74, 6) is 5.62. The van der Waals surface area contributed by atoms with E-state index in [0.29, 0.717) is 37.4 Å². The fraction of sp³-hybridized carbons (Fsp3) is 0.286. The van der Waals surface area contributed by atoms with E-state index in [4.69, 9.17) is 11.6 Å². The molecule has 3 aromatic rings. The number of hydrazine groups is 1. The van der Waals surface area contributed by atoms with Crippen LogP contribution < -0.4 is 21.8 Å². The van der Waals surface area contributed by atoms with Gasteiger partial charge < -0.3 is 25.9 Å². The van der Waals surface area contributed by atoms with Crippen LogP contribution in [-0.4, -0.2) is 54.0 Å². The minimum absolute atomic E-state index is 0.0694. The average molecular weight is 540 g/mol. The smallest absolute Gasteiger partial charge is 0.397 e. The molecule has 1 fully saturated rings. The number of likely N-dealkylation sites (N-methyl/N-ethyl adjacent to an activating group) is 1. The van der Waals surface area contributed by atoms with Crippen LogP contribution in [0.2, 0.25) is 0 Å². The van der Waals surface area contributed by atoms with Gasteiger partial charge in [-0.2, -0.15) is 13.2 Å². The monoisotopic (exact) mass is 539 g/mol. The summed E-state index contributed by atoms with van der Waals surface area (Å²) in [5, 5.41) is 4.01. The van der Waals surface area contributed by atoms with Crippen LogP contribution in [0.25, 0.3) is 5.70 Å². The summed E-state index contributed by atoms with van der Waals surface area (Å²) in [6, 6.07) is 12.6. The number of anilines is 2. The standard InChI is InChI=1S/C28H32F3N7O/c1-19-5-6-20(14-22(19)17-38(33)18-25(32)21-4-3-9-34-16-21)27(39)35-23-7-8-26(24(15-23)28(29,30)31)37-12-10-36(2)11-13-37/h3-9,14-16,18H,10-13,17,32-33H2,1-2H3,(H,35,39)/b25-18-. The number of pyridine rings is 1. The molecule has 2 aromatic carbocycles. The highest BCUT2D eigenvalue weighted by molar-refractivity contribution is 6.04. The summed E-state index contributed by atoms with van der Waals surface area (Å²) in [7, 11) is 1.94. The van der Waals surface area contributed by atoms with E-state index in [1.54, 1.807) is 47.8 Å². The predicted molar refractivity (Wildman–Crippen MR) is 146 cm³/mol. The Bertz CT molecular complexity index is 1340. The first kappa shape index (κ1) is 27.9. The molecule has 1 aliphatic rings. The number of rotatable bonds is 7. The Morgan fingerprint density at radius 1 is 1.10 bits per heavy atom. The van der Waals surface area contributed by atoms with Crippen LogP contribution in [0.1, 0.15) is 32.6 Å². The predicted octanol–water partition coefficient (Wildman–Crippen LogP) is 4.05. The summed E-state index contributed by atoms with van der Waals surface area (Å²) < 4.78 is 41.9. The SMILES string of the molecule is Cc1ccc(C(=O)Nc2ccc(N3CCN(C)CC3)c(C(F)(F)F)c2)cc1CN(N)/C=C(\N)c1cccnc1. The van der Waals surface area contributed by atoms with Gasteiger partial charge in [-0.25, -0.2) is 5.84 Å². The van der Waals surface area contributed by atoms with E-state index in [0.717, 1.165) is 22.8 Å². The molecule has 1 aliphatic heterocycles. The number of nitrogens with two attached hydrogens (primary N) is 2. The molecule has 0 atom stereocenters. The number of alkyl halides is 3. The van der Waals surface area contributed by atoms with Gasteiger partial charge in [0, 0.05) is 67.3 Å². The van der Waals surface area contributed by atoms with E-state index in [1.165, 1.54) is 17.1 Å². The maximum atomic E-state index is 14.0. The molecule has 5 N–H and O–H groups in total. The van der Waals surface area contributed by atoms with Crippen molar-refractivity contribution in [1.29, 1.82) is 0 Å². The molecule has 0 aliphatic carbocycles. The van der Waals surface area contributed by atoms with Crippen molar-refractivity contribution in [2.45, 2.75) is 19.6 Å². The highest BCUT2D eigenvalue weighted by Gasteiger charge is 2.36. The van der Waals surface area contributed by atoms with E-state index in [9.17, 15) is 18.0 Å². The zero-order valence-corrected chi connectivity index (χ0v) is 21.9. The van der Waals surface area contributed by atoms with E-state index >= 15 is 0 Å². The molecule has 1 saturated heterocycles. The Hall–Kier alpha value is -4.09. The summed E-state index contributed by atoms with van der Waals surface area (Å²) in [6.07, 6.45) is 0.274. The van der Waals surface area contributed by atoms with Gasteiger partial charge in [-0.3, -0.25) is 9.78 Å². The third kappa shape index (κ3) is 7.06. The number of halogens is 3. The van der Waals surface area contributed by atoms with Gasteiger partial charge in [-0.05, 0) is 67.6 Å². The molecule has 1 amide bonds. The maximum absolute atomic E-state index is 14.0. The van der Waals surface area contributed by atoms with Crippen molar-refractivity contribution < 1.29 is 18.0 Å². The molecular formula is C28H32F3N7O. The molecule has 39 heavy (non-hydrogen) atoms. The lowest BCUT2D eigenvalue weighted by atomic mass is 10.0. The van der Waals surface area contributed by atoms with E-state index in [1.807, 2.05) is 20.0 Å². The number of aromatic nitrogens is 1. The van der Waals surface area contributed by atoms with Gasteiger partial charge in [0.15, 0.2) is 0 Å². The Labute approximate surface area is 225 Å². The first-order chi connectivity index (χ1) is 18.5. The van der Waals surface area contributed by atoms with Crippen molar-refractivity contribution in [3.63, 3.8) is 0 Å². The lowest BCUT2D eigenvalue weighted by molar-refractivity contribution is -0.137. The van der Waals surface area contributed by atoms with Gasteiger partial charge in [0.25, 0.3) is 5.91 Å². The highest BCUT2D eigenvalue weighted by atomic mass is 19.4. The number of carbonyl (C=O) groups is 1. The lowest BCUT2D eigenvalue weighted by Gasteiger charge is -2.35. The number of piperazine rings is 1. The fourth-order valence-corrected chi connectivity index (χ4v) is 4.38. The average Bonchev–Trinajstić information content (AvgIpc) is 2.90. The quantitative estimate of drug-likeness (QED) is 0.308. The zero-order chi connectivity index (χ0) is 28.2. The number of nitrogens with one attached hydrogen (secondary N) is 1. The van der Waals surface area contributed by atoms with Crippen LogP contribution in [0, 0.1) is 6.92 Å². The number of carbonyl (C=O) groups excluding carboxylic acids is 1. The molecule has 8 nitrogen and oxygen atoms in total. The molecule has 0 unspecified atom stereocenters. The highest BCUT2D eigenvalue weighted by Crippen LogP contribution is 2.38. The van der Waals surface area contributed by atoms with Crippen LogP contribution in [0.15, 0.2) is 67.1 Å². The van der Waals surface area contributed by atoms with Gasteiger partial charge in [-0.1, -0.05) is 6.07 Å². The molecule has 0 bridgehead atoms. The zero-order valence-electron chi connectivity index (χ0n) is 21.9. The van der Waals surface area contributed by atoms with E-state index in [2.05, 4.69) is 15.2 Å². The van der Waals surface area contributed by atoms with Crippen LogP contribution in [0.3, 0.4) is 0 Å². The Kier molecular flexibility index (Phi) is 8.41. The molecular weight excluding hydrogens is 507 g/mol. The number of aryl methyl sites for hydroxylation is 1. The summed E-state index contributed by atoms with van der Waals surface area (Å²) >= 11 is 0. The molecule has 4 rings (SSSR count). The number of benzene rings is 2. The molecule has 0 spiro atoms. The minimum Gasteiger partial charge on any atom is -0.397 e. The van der Waals surface area contributed by atoms with Gasteiger partial charge in [-0.15, -0.1) is 0 Å². The number of hydrogen-bond donors (Lipinski definition) is 3. The van der Waals surface area contributed by atoms with Crippen molar-refractivity contribution in [3.8, 4) is 0 Å².